The van der Waals surface area contributed by atoms with Crippen LogP contribution in [0.4, 0.5) is 5.13 Å². The Bertz CT molecular complexity index is 1580. The number of hydrogen-bond donors (Lipinski definition) is 2. The Morgan fingerprint density at radius 2 is 1.93 bits per heavy atom. The van der Waals surface area contributed by atoms with Crippen LogP contribution in [0.3, 0.4) is 0 Å². The highest BCUT2D eigenvalue weighted by Crippen LogP contribution is 2.47. The second-order valence-electron chi connectivity index (χ2n) is 8.71. The van der Waals surface area contributed by atoms with Gasteiger partial charge in [-0.05, 0) is 65.7 Å². The van der Waals surface area contributed by atoms with Crippen LogP contribution in [-0.4, -0.2) is 59.8 Å². The van der Waals surface area contributed by atoms with Gasteiger partial charge in [-0.15, -0.1) is 0 Å². The number of benzene rings is 2. The number of aromatic hydroxyl groups is 1. The molecule has 1 aromatic heterocycles. The second kappa shape index (κ2) is 10.8. The van der Waals surface area contributed by atoms with Gasteiger partial charge in [-0.3, -0.25) is 14.5 Å². The number of hydrogen-bond acceptors (Lipinski definition) is 11. The highest BCUT2D eigenvalue weighted by molar-refractivity contribution is 9.10. The summed E-state index contributed by atoms with van der Waals surface area (Å²) < 4.78 is 21.8. The molecule has 3 aromatic rings. The number of anilines is 1. The number of ketones is 1. The molecule has 208 valence electrons. The summed E-state index contributed by atoms with van der Waals surface area (Å²) in [5.74, 6) is -2.25. The van der Waals surface area contributed by atoms with Crippen LogP contribution < -0.4 is 19.1 Å². The SMILES string of the molecule is CCOC(=O)c1sc(N2C(=O)C(=O)/C(=C(\O)c3ccc4c(c3)OCCO4)C2c2cc(Br)c(O)c(OC)c2)nc1C. The summed E-state index contributed by atoms with van der Waals surface area (Å²) in [5.41, 5.74) is 0.632. The highest BCUT2D eigenvalue weighted by Gasteiger charge is 2.49. The molecular formula is C27H23BrN2O9S. The van der Waals surface area contributed by atoms with Crippen molar-refractivity contribution < 1.29 is 43.5 Å². The molecule has 0 spiro atoms. The minimum absolute atomic E-state index is 0.0528. The zero-order valence-corrected chi connectivity index (χ0v) is 23.9. The number of Topliss-reactive ketones (excluding diaryl/α,β-unsaturated/α-hetero) is 1. The molecule has 13 heteroatoms. The number of ether oxygens (including phenoxy) is 4. The lowest BCUT2D eigenvalue weighted by atomic mass is 9.95. The average molecular weight is 631 g/mol. The third kappa shape index (κ3) is 4.64. The van der Waals surface area contributed by atoms with Crippen LogP contribution in [0.1, 0.15) is 39.5 Å². The van der Waals surface area contributed by atoms with Gasteiger partial charge in [-0.1, -0.05) is 11.3 Å². The normalized spacial score (nSPS) is 17.7. The molecule has 1 fully saturated rings. The molecule has 0 bridgehead atoms. The Morgan fingerprint density at radius 3 is 2.62 bits per heavy atom. The summed E-state index contributed by atoms with van der Waals surface area (Å²) in [6.45, 7) is 4.10. The standard InChI is InChI=1S/C27H23BrN2O9S/c1-4-37-26(35)24-12(2)29-27(40-24)30-20(14-9-15(28)22(32)18(11-14)36-3)19(23(33)25(30)34)21(31)13-5-6-16-17(10-13)39-8-7-38-16/h5-6,9-11,20,31-32H,4,7-8H2,1-3H3/b21-19-. The van der Waals surface area contributed by atoms with E-state index < -0.39 is 29.5 Å². The average Bonchev–Trinajstić information content (AvgIpc) is 3.46. The molecule has 3 heterocycles. The van der Waals surface area contributed by atoms with Gasteiger partial charge in [0.25, 0.3) is 5.78 Å². The van der Waals surface area contributed by atoms with Crippen molar-refractivity contribution >= 4 is 55.8 Å². The molecule has 2 aliphatic heterocycles. The van der Waals surface area contributed by atoms with Crippen molar-refractivity contribution in [2.45, 2.75) is 19.9 Å². The van der Waals surface area contributed by atoms with Crippen molar-refractivity contribution in [2.75, 3.05) is 31.8 Å². The Kier molecular flexibility index (Phi) is 7.43. The number of carbonyl (C=O) groups excluding carboxylic acids is 3. The fourth-order valence-electron chi connectivity index (χ4n) is 4.47. The van der Waals surface area contributed by atoms with Gasteiger partial charge in [0.1, 0.15) is 23.9 Å². The molecule has 1 atom stereocenters. The number of aliphatic hydroxyl groups excluding tert-OH is 1. The maximum absolute atomic E-state index is 13.5. The maximum Gasteiger partial charge on any atom is 0.350 e. The number of fused-ring (bicyclic) bond motifs is 1. The number of halogens is 1. The first-order valence-electron chi connectivity index (χ1n) is 12.1. The van der Waals surface area contributed by atoms with Gasteiger partial charge >= 0.3 is 11.9 Å². The van der Waals surface area contributed by atoms with E-state index >= 15 is 0 Å². The van der Waals surface area contributed by atoms with E-state index in [1.807, 2.05) is 0 Å². The summed E-state index contributed by atoms with van der Waals surface area (Å²) in [7, 11) is 1.35. The molecule has 2 aromatic carbocycles. The van der Waals surface area contributed by atoms with E-state index in [9.17, 15) is 24.6 Å². The largest absolute Gasteiger partial charge is 0.507 e. The highest BCUT2D eigenvalue weighted by atomic mass is 79.9. The Labute approximate surface area is 240 Å². The van der Waals surface area contributed by atoms with Crippen LogP contribution in [0.2, 0.25) is 0 Å². The summed E-state index contributed by atoms with van der Waals surface area (Å²) in [6.07, 6.45) is 0. The smallest absolute Gasteiger partial charge is 0.350 e. The number of carbonyl (C=O) groups is 3. The number of aliphatic hydroxyl groups is 1. The van der Waals surface area contributed by atoms with Gasteiger partial charge in [-0.25, -0.2) is 9.78 Å². The number of thiazole rings is 1. The molecule has 0 aliphatic carbocycles. The Balaban J connectivity index is 1.72. The van der Waals surface area contributed by atoms with Gasteiger partial charge in [0, 0.05) is 5.56 Å². The van der Waals surface area contributed by atoms with E-state index in [1.165, 1.54) is 25.3 Å². The number of rotatable bonds is 6. The maximum atomic E-state index is 13.5. The molecule has 2 aliphatic rings. The first-order valence-corrected chi connectivity index (χ1v) is 13.7. The fourth-order valence-corrected chi connectivity index (χ4v) is 5.92. The van der Waals surface area contributed by atoms with Crippen LogP contribution >= 0.6 is 27.3 Å². The van der Waals surface area contributed by atoms with E-state index in [0.717, 1.165) is 16.2 Å². The van der Waals surface area contributed by atoms with E-state index in [2.05, 4.69) is 20.9 Å². The number of methoxy groups -OCH3 is 1. The lowest BCUT2D eigenvalue weighted by molar-refractivity contribution is -0.132. The molecule has 1 saturated heterocycles. The zero-order chi connectivity index (χ0) is 28.7. The third-order valence-corrected chi connectivity index (χ3v) is 8.04. The van der Waals surface area contributed by atoms with Gasteiger partial charge in [-0.2, -0.15) is 0 Å². The number of aryl methyl sites for hydroxylation is 1. The van der Waals surface area contributed by atoms with Crippen molar-refractivity contribution in [3.63, 3.8) is 0 Å². The first kappa shape index (κ1) is 27.5. The van der Waals surface area contributed by atoms with Crippen molar-refractivity contribution in [1.29, 1.82) is 0 Å². The molecule has 40 heavy (non-hydrogen) atoms. The molecule has 0 saturated carbocycles. The molecule has 11 nitrogen and oxygen atoms in total. The fraction of sp³-hybridized carbons (Fsp3) is 0.259. The summed E-state index contributed by atoms with van der Waals surface area (Å²) in [5, 5.41) is 21.9. The number of nitrogens with zero attached hydrogens (tertiary/aromatic N) is 2. The van der Waals surface area contributed by atoms with E-state index in [4.69, 9.17) is 18.9 Å². The summed E-state index contributed by atoms with van der Waals surface area (Å²) in [4.78, 5) is 45.3. The molecular weight excluding hydrogens is 608 g/mol. The zero-order valence-electron chi connectivity index (χ0n) is 21.5. The van der Waals surface area contributed by atoms with Gasteiger partial charge in [0.15, 0.2) is 28.1 Å². The number of phenolic OH excluding ortho intramolecular Hbond substituents is 1. The van der Waals surface area contributed by atoms with Crippen LogP contribution in [0.25, 0.3) is 5.76 Å². The van der Waals surface area contributed by atoms with Crippen LogP contribution in [0, 0.1) is 6.92 Å². The van der Waals surface area contributed by atoms with Gasteiger partial charge < -0.3 is 29.2 Å². The predicted molar refractivity (Wildman–Crippen MR) is 147 cm³/mol. The predicted octanol–water partition coefficient (Wildman–Crippen LogP) is 4.50. The van der Waals surface area contributed by atoms with Crippen LogP contribution in [0.15, 0.2) is 40.4 Å². The Morgan fingerprint density at radius 1 is 1.20 bits per heavy atom. The van der Waals surface area contributed by atoms with Crippen molar-refractivity contribution in [1.82, 2.24) is 4.98 Å². The van der Waals surface area contributed by atoms with Gasteiger partial charge in [0.05, 0.1) is 35.5 Å². The van der Waals surface area contributed by atoms with E-state index in [-0.39, 0.29) is 43.7 Å². The number of aromatic nitrogens is 1. The van der Waals surface area contributed by atoms with Crippen molar-refractivity contribution in [3.8, 4) is 23.0 Å². The topological polar surface area (TPSA) is 145 Å². The number of amides is 1. The first-order chi connectivity index (χ1) is 19.2. The summed E-state index contributed by atoms with van der Waals surface area (Å²) in [6, 6.07) is 6.43. The van der Waals surface area contributed by atoms with E-state index in [0.29, 0.717) is 36.0 Å². The van der Waals surface area contributed by atoms with Crippen LogP contribution in [-0.2, 0) is 14.3 Å². The minimum atomic E-state index is -1.19. The summed E-state index contributed by atoms with van der Waals surface area (Å²) >= 11 is 4.17. The Hall–Kier alpha value is -4.10. The minimum Gasteiger partial charge on any atom is -0.507 e. The molecule has 2 N–H and O–H groups in total. The third-order valence-electron chi connectivity index (χ3n) is 6.30. The molecule has 5 rings (SSSR count). The van der Waals surface area contributed by atoms with Crippen LogP contribution in [0.5, 0.6) is 23.0 Å². The molecule has 1 amide bonds. The monoisotopic (exact) mass is 630 g/mol. The number of phenols is 1. The second-order valence-corrected chi connectivity index (χ2v) is 10.5. The molecule has 0 radical (unpaired) electrons. The quantitative estimate of drug-likeness (QED) is 0.173. The lowest BCUT2D eigenvalue weighted by Gasteiger charge is -2.24. The van der Waals surface area contributed by atoms with E-state index in [1.54, 1.807) is 26.0 Å². The lowest BCUT2D eigenvalue weighted by Crippen LogP contribution is -2.29. The molecule has 1 unspecified atom stereocenters. The number of esters is 1. The van der Waals surface area contributed by atoms with Crippen molar-refractivity contribution in [3.05, 3.63) is 62.1 Å². The van der Waals surface area contributed by atoms with Crippen molar-refractivity contribution in [2.24, 2.45) is 0 Å². The van der Waals surface area contributed by atoms with Gasteiger partial charge in [0.2, 0.25) is 0 Å².